The standard InChI is InChI=1S/C21H24N2O3/c1-2-26-19-11-7-6-10-18(19)21(25)22-13-17-12-20(24)23(15-17)14-16-8-4-3-5-9-16/h3-11,17H,2,12-15H2,1H3,(H,22,25). The molecule has 0 saturated carbocycles. The number of hydrogen-bond donors (Lipinski definition) is 1. The van der Waals surface area contributed by atoms with Gasteiger partial charge in [0, 0.05) is 32.0 Å². The highest BCUT2D eigenvalue weighted by atomic mass is 16.5. The van der Waals surface area contributed by atoms with Crippen molar-refractivity contribution < 1.29 is 14.3 Å². The number of amides is 2. The second-order valence-corrected chi connectivity index (χ2v) is 6.47. The fraction of sp³-hybridized carbons (Fsp3) is 0.333. The Balaban J connectivity index is 1.54. The van der Waals surface area contributed by atoms with Crippen LogP contribution in [0, 0.1) is 5.92 Å². The van der Waals surface area contributed by atoms with E-state index in [0.29, 0.717) is 44.0 Å². The predicted molar refractivity (Wildman–Crippen MR) is 99.9 cm³/mol. The molecule has 0 spiro atoms. The molecule has 5 nitrogen and oxygen atoms in total. The zero-order chi connectivity index (χ0) is 18.4. The normalized spacial score (nSPS) is 16.6. The lowest BCUT2D eigenvalue weighted by molar-refractivity contribution is -0.128. The summed E-state index contributed by atoms with van der Waals surface area (Å²) in [5, 5.41) is 2.95. The molecule has 0 aliphatic carbocycles. The minimum atomic E-state index is -0.164. The molecule has 0 bridgehead atoms. The van der Waals surface area contributed by atoms with E-state index >= 15 is 0 Å². The summed E-state index contributed by atoms with van der Waals surface area (Å²) in [5.41, 5.74) is 1.65. The molecule has 1 unspecified atom stereocenters. The summed E-state index contributed by atoms with van der Waals surface area (Å²) in [6, 6.07) is 17.2. The van der Waals surface area contributed by atoms with Crippen molar-refractivity contribution in [3.05, 3.63) is 65.7 Å². The van der Waals surface area contributed by atoms with Gasteiger partial charge in [-0.05, 0) is 24.6 Å². The number of benzene rings is 2. The van der Waals surface area contributed by atoms with Crippen LogP contribution < -0.4 is 10.1 Å². The molecule has 5 heteroatoms. The van der Waals surface area contributed by atoms with Crippen molar-refractivity contribution in [1.82, 2.24) is 10.2 Å². The molecule has 1 aliphatic heterocycles. The van der Waals surface area contributed by atoms with Gasteiger partial charge in [-0.15, -0.1) is 0 Å². The second kappa shape index (κ2) is 8.52. The van der Waals surface area contributed by atoms with Crippen LogP contribution in [0.2, 0.25) is 0 Å². The Morgan fingerprint density at radius 3 is 2.65 bits per heavy atom. The summed E-state index contributed by atoms with van der Waals surface area (Å²) in [6.45, 7) is 4.17. The van der Waals surface area contributed by atoms with Crippen LogP contribution >= 0.6 is 0 Å². The lowest BCUT2D eigenvalue weighted by Crippen LogP contribution is -2.31. The molecule has 1 atom stereocenters. The van der Waals surface area contributed by atoms with Crippen LogP contribution in [0.5, 0.6) is 5.75 Å². The maximum absolute atomic E-state index is 12.5. The number of nitrogens with zero attached hydrogens (tertiary/aromatic N) is 1. The van der Waals surface area contributed by atoms with Gasteiger partial charge in [-0.3, -0.25) is 9.59 Å². The van der Waals surface area contributed by atoms with Crippen LogP contribution in [-0.2, 0) is 11.3 Å². The molecule has 2 aromatic carbocycles. The Bertz CT molecular complexity index is 761. The largest absolute Gasteiger partial charge is 0.493 e. The number of nitrogens with one attached hydrogen (secondary N) is 1. The van der Waals surface area contributed by atoms with E-state index in [-0.39, 0.29) is 17.7 Å². The first-order valence-electron chi connectivity index (χ1n) is 8.99. The van der Waals surface area contributed by atoms with Gasteiger partial charge in [0.05, 0.1) is 12.2 Å². The van der Waals surface area contributed by atoms with Gasteiger partial charge in [0.2, 0.25) is 5.91 Å². The molecule has 1 saturated heterocycles. The SMILES string of the molecule is CCOc1ccccc1C(=O)NCC1CC(=O)N(Cc2ccccc2)C1. The fourth-order valence-corrected chi connectivity index (χ4v) is 3.22. The van der Waals surface area contributed by atoms with Gasteiger partial charge < -0.3 is 15.0 Å². The molecule has 1 aliphatic rings. The van der Waals surface area contributed by atoms with Gasteiger partial charge >= 0.3 is 0 Å². The van der Waals surface area contributed by atoms with E-state index in [2.05, 4.69) is 5.32 Å². The van der Waals surface area contributed by atoms with Gasteiger partial charge in [-0.1, -0.05) is 42.5 Å². The van der Waals surface area contributed by atoms with E-state index in [1.165, 1.54) is 0 Å². The number of hydrogen-bond acceptors (Lipinski definition) is 3. The van der Waals surface area contributed by atoms with Crippen LogP contribution in [0.3, 0.4) is 0 Å². The van der Waals surface area contributed by atoms with E-state index in [4.69, 9.17) is 4.74 Å². The first kappa shape index (κ1) is 18.0. The Hall–Kier alpha value is -2.82. The van der Waals surface area contributed by atoms with Gasteiger partial charge in [0.15, 0.2) is 0 Å². The van der Waals surface area contributed by atoms with Gasteiger partial charge in [0.25, 0.3) is 5.91 Å². The number of rotatable bonds is 7. The van der Waals surface area contributed by atoms with E-state index in [1.54, 1.807) is 12.1 Å². The smallest absolute Gasteiger partial charge is 0.255 e. The summed E-state index contributed by atoms with van der Waals surface area (Å²) in [4.78, 5) is 26.6. The maximum Gasteiger partial charge on any atom is 0.255 e. The monoisotopic (exact) mass is 352 g/mol. The Morgan fingerprint density at radius 2 is 1.88 bits per heavy atom. The molecular weight excluding hydrogens is 328 g/mol. The summed E-state index contributed by atoms with van der Waals surface area (Å²) in [5.74, 6) is 0.695. The van der Waals surface area contributed by atoms with Crippen molar-refractivity contribution in [3.63, 3.8) is 0 Å². The average Bonchev–Trinajstić information content (AvgIpc) is 3.01. The number of carbonyl (C=O) groups excluding carboxylic acids is 2. The molecular formula is C21H24N2O3. The highest BCUT2D eigenvalue weighted by Gasteiger charge is 2.29. The molecule has 0 radical (unpaired) electrons. The van der Waals surface area contributed by atoms with Crippen molar-refractivity contribution in [2.75, 3.05) is 19.7 Å². The molecule has 2 aromatic rings. The zero-order valence-corrected chi connectivity index (χ0v) is 15.0. The van der Waals surface area contributed by atoms with Crippen molar-refractivity contribution in [1.29, 1.82) is 0 Å². The second-order valence-electron chi connectivity index (χ2n) is 6.47. The average molecular weight is 352 g/mol. The van der Waals surface area contributed by atoms with Crippen LogP contribution in [0.15, 0.2) is 54.6 Å². The minimum Gasteiger partial charge on any atom is -0.493 e. The van der Waals surface area contributed by atoms with Gasteiger partial charge in [0.1, 0.15) is 5.75 Å². The highest BCUT2D eigenvalue weighted by molar-refractivity contribution is 5.96. The zero-order valence-electron chi connectivity index (χ0n) is 15.0. The topological polar surface area (TPSA) is 58.6 Å². The maximum atomic E-state index is 12.5. The number of carbonyl (C=O) groups is 2. The van der Waals surface area contributed by atoms with E-state index in [1.807, 2.05) is 54.3 Å². The van der Waals surface area contributed by atoms with Crippen molar-refractivity contribution in [2.45, 2.75) is 19.9 Å². The first-order valence-corrected chi connectivity index (χ1v) is 8.99. The van der Waals surface area contributed by atoms with Gasteiger partial charge in [-0.25, -0.2) is 0 Å². The van der Waals surface area contributed by atoms with Crippen LogP contribution in [0.4, 0.5) is 0 Å². The number of ether oxygens (including phenoxy) is 1. The Labute approximate surface area is 154 Å². The Kier molecular flexibility index (Phi) is 5.89. The molecule has 2 amide bonds. The van der Waals surface area contributed by atoms with Crippen molar-refractivity contribution in [2.24, 2.45) is 5.92 Å². The summed E-state index contributed by atoms with van der Waals surface area (Å²) < 4.78 is 5.51. The predicted octanol–water partition coefficient (Wildman–Crippen LogP) is 2.86. The van der Waals surface area contributed by atoms with E-state index in [9.17, 15) is 9.59 Å². The Morgan fingerprint density at radius 1 is 1.15 bits per heavy atom. The minimum absolute atomic E-state index is 0.134. The lowest BCUT2D eigenvalue weighted by atomic mass is 10.1. The lowest BCUT2D eigenvalue weighted by Gasteiger charge is -2.17. The van der Waals surface area contributed by atoms with Crippen molar-refractivity contribution in [3.8, 4) is 5.75 Å². The summed E-state index contributed by atoms with van der Waals surface area (Å²) in [6.07, 6.45) is 0.472. The summed E-state index contributed by atoms with van der Waals surface area (Å²) >= 11 is 0. The molecule has 0 aromatic heterocycles. The van der Waals surface area contributed by atoms with E-state index in [0.717, 1.165) is 5.56 Å². The third-order valence-electron chi connectivity index (χ3n) is 4.49. The number of likely N-dealkylation sites (tertiary alicyclic amines) is 1. The van der Waals surface area contributed by atoms with E-state index < -0.39 is 0 Å². The van der Waals surface area contributed by atoms with Crippen LogP contribution in [0.25, 0.3) is 0 Å². The molecule has 3 rings (SSSR count). The molecule has 136 valence electrons. The first-order chi connectivity index (χ1) is 12.7. The molecule has 1 N–H and O–H groups in total. The third kappa shape index (κ3) is 4.42. The quantitative estimate of drug-likeness (QED) is 0.834. The highest BCUT2D eigenvalue weighted by Crippen LogP contribution is 2.21. The molecule has 1 heterocycles. The summed E-state index contributed by atoms with van der Waals surface area (Å²) in [7, 11) is 0. The fourth-order valence-electron chi connectivity index (χ4n) is 3.22. The van der Waals surface area contributed by atoms with Crippen LogP contribution in [-0.4, -0.2) is 36.4 Å². The van der Waals surface area contributed by atoms with Crippen molar-refractivity contribution >= 4 is 11.8 Å². The third-order valence-corrected chi connectivity index (χ3v) is 4.49. The number of para-hydroxylation sites is 1. The molecule has 26 heavy (non-hydrogen) atoms. The van der Waals surface area contributed by atoms with Gasteiger partial charge in [-0.2, -0.15) is 0 Å². The van der Waals surface area contributed by atoms with Crippen LogP contribution in [0.1, 0.15) is 29.3 Å². The molecule has 1 fully saturated rings.